The van der Waals surface area contributed by atoms with Crippen LogP contribution in [0, 0.1) is 5.82 Å². The summed E-state index contributed by atoms with van der Waals surface area (Å²) < 4.78 is 67.8. The van der Waals surface area contributed by atoms with Crippen LogP contribution in [0.1, 0.15) is 42.8 Å². The number of carbonyl (C=O) groups excluding carboxylic acids is 1. The van der Waals surface area contributed by atoms with E-state index < -0.39 is 47.0 Å². The molecule has 0 spiro atoms. The van der Waals surface area contributed by atoms with Crippen LogP contribution in [0.15, 0.2) is 30.5 Å². The highest BCUT2D eigenvalue weighted by Gasteiger charge is 2.32. The number of hydrogen-bond donors (Lipinski definition) is 1. The first-order valence-electron chi connectivity index (χ1n) is 8.70. The molecule has 6 nitrogen and oxygen atoms in total. The van der Waals surface area contributed by atoms with Crippen LogP contribution in [0.2, 0.25) is 10.0 Å². The van der Waals surface area contributed by atoms with Crippen LogP contribution in [0.4, 0.5) is 27.8 Å². The van der Waals surface area contributed by atoms with Gasteiger partial charge in [-0.15, -0.1) is 0 Å². The van der Waals surface area contributed by atoms with Gasteiger partial charge >= 0.3 is 0 Å². The minimum absolute atomic E-state index is 0.0257. The molecule has 0 fully saturated rings. The summed E-state index contributed by atoms with van der Waals surface area (Å²) in [4.78, 5) is 12.5. The SMILES string of the molecule is CC(C(=O)Nc1nn(Cc2cccc(F)c2)cc1Cl)n1nc(C(F)F)c(Cl)c1C(F)F. The maximum Gasteiger partial charge on any atom is 0.283 e. The number of hydrogen-bond acceptors (Lipinski definition) is 3. The van der Waals surface area contributed by atoms with Gasteiger partial charge in [-0.05, 0) is 24.6 Å². The summed E-state index contributed by atoms with van der Waals surface area (Å²) in [6.45, 7) is 1.32. The first-order valence-corrected chi connectivity index (χ1v) is 9.46. The van der Waals surface area contributed by atoms with Gasteiger partial charge in [-0.1, -0.05) is 35.3 Å². The van der Waals surface area contributed by atoms with Gasteiger partial charge in [0.25, 0.3) is 12.9 Å². The third kappa shape index (κ3) is 4.99. The highest BCUT2D eigenvalue weighted by atomic mass is 35.5. The van der Waals surface area contributed by atoms with Crippen molar-refractivity contribution in [2.45, 2.75) is 32.4 Å². The number of carbonyl (C=O) groups is 1. The minimum atomic E-state index is -3.24. The van der Waals surface area contributed by atoms with Crippen LogP contribution in [0.5, 0.6) is 0 Å². The van der Waals surface area contributed by atoms with Crippen molar-refractivity contribution in [1.29, 1.82) is 0 Å². The summed E-state index contributed by atoms with van der Waals surface area (Å²) in [5, 5.41) is 8.91. The normalized spacial score (nSPS) is 12.6. The molecule has 0 radical (unpaired) electrons. The molecule has 2 heterocycles. The van der Waals surface area contributed by atoms with Crippen LogP contribution >= 0.6 is 23.2 Å². The maximum absolute atomic E-state index is 13.3. The molecular formula is C18H14Cl2F5N5O. The van der Waals surface area contributed by atoms with Crippen molar-refractivity contribution in [1.82, 2.24) is 19.6 Å². The summed E-state index contributed by atoms with van der Waals surface area (Å²) in [6, 6.07) is 4.32. The van der Waals surface area contributed by atoms with Crippen molar-refractivity contribution in [3.63, 3.8) is 0 Å². The van der Waals surface area contributed by atoms with E-state index >= 15 is 0 Å². The molecule has 3 rings (SSSR count). The Balaban J connectivity index is 1.80. The van der Waals surface area contributed by atoms with E-state index in [0.717, 1.165) is 0 Å². The second-order valence-electron chi connectivity index (χ2n) is 6.45. The monoisotopic (exact) mass is 481 g/mol. The maximum atomic E-state index is 13.3. The predicted molar refractivity (Wildman–Crippen MR) is 103 cm³/mol. The summed E-state index contributed by atoms with van der Waals surface area (Å²) in [5.74, 6) is -1.42. The van der Waals surface area contributed by atoms with Gasteiger partial charge in [0.05, 0.1) is 11.6 Å². The Labute approximate surface area is 182 Å². The fourth-order valence-corrected chi connectivity index (χ4v) is 3.28. The van der Waals surface area contributed by atoms with E-state index in [1.165, 1.54) is 36.0 Å². The molecule has 1 aromatic carbocycles. The van der Waals surface area contributed by atoms with E-state index in [1.54, 1.807) is 6.07 Å². The second-order valence-corrected chi connectivity index (χ2v) is 7.23. The van der Waals surface area contributed by atoms with E-state index in [0.29, 0.717) is 10.2 Å². The van der Waals surface area contributed by atoms with Crippen LogP contribution in [-0.4, -0.2) is 25.5 Å². The standard InChI is InChI=1S/C18H14Cl2F5N5O/c1-8(30-14(16(24)25)12(20)13(27-30)15(22)23)18(31)26-17-11(19)7-29(28-17)6-9-3-2-4-10(21)5-9/h2-5,7-8,15-16H,6H2,1H3,(H,26,28,31). The lowest BCUT2D eigenvalue weighted by atomic mass is 10.2. The van der Waals surface area contributed by atoms with Gasteiger partial charge in [0.2, 0.25) is 5.91 Å². The highest BCUT2D eigenvalue weighted by Crippen LogP contribution is 2.36. The Morgan fingerprint density at radius 1 is 1.16 bits per heavy atom. The quantitative estimate of drug-likeness (QED) is 0.443. The lowest BCUT2D eigenvalue weighted by Gasteiger charge is -2.15. The first kappa shape index (κ1) is 23.0. The largest absolute Gasteiger partial charge is 0.306 e. The van der Waals surface area contributed by atoms with Crippen molar-refractivity contribution in [2.24, 2.45) is 0 Å². The molecule has 31 heavy (non-hydrogen) atoms. The molecule has 1 N–H and O–H groups in total. The number of amides is 1. The molecule has 2 aromatic heterocycles. The molecule has 3 aromatic rings. The summed E-state index contributed by atoms with van der Waals surface area (Å²) in [5.41, 5.74) is -1.46. The zero-order valence-corrected chi connectivity index (χ0v) is 17.2. The predicted octanol–water partition coefficient (Wildman–Crippen LogP) is 5.65. The van der Waals surface area contributed by atoms with E-state index in [-0.39, 0.29) is 17.4 Å². The lowest BCUT2D eigenvalue weighted by molar-refractivity contribution is -0.119. The van der Waals surface area contributed by atoms with Crippen molar-refractivity contribution < 1.29 is 26.7 Å². The molecule has 0 aliphatic rings. The van der Waals surface area contributed by atoms with E-state index in [1.807, 2.05) is 0 Å². The molecule has 0 saturated heterocycles. The molecular weight excluding hydrogens is 468 g/mol. The summed E-state index contributed by atoms with van der Waals surface area (Å²) in [6.07, 6.45) is -5.07. The minimum Gasteiger partial charge on any atom is -0.306 e. The van der Waals surface area contributed by atoms with Crippen LogP contribution in [0.25, 0.3) is 0 Å². The second kappa shape index (κ2) is 9.23. The molecule has 13 heteroatoms. The molecule has 0 saturated carbocycles. The Morgan fingerprint density at radius 3 is 2.48 bits per heavy atom. The Bertz CT molecular complexity index is 1100. The fourth-order valence-electron chi connectivity index (χ4n) is 2.79. The van der Waals surface area contributed by atoms with E-state index in [4.69, 9.17) is 23.2 Å². The Hall–Kier alpha value is -2.66. The molecule has 166 valence electrons. The zero-order valence-electron chi connectivity index (χ0n) is 15.7. The third-order valence-corrected chi connectivity index (χ3v) is 4.93. The summed E-state index contributed by atoms with van der Waals surface area (Å²) >= 11 is 11.7. The van der Waals surface area contributed by atoms with Gasteiger partial charge in [-0.25, -0.2) is 26.6 Å². The molecule has 1 unspecified atom stereocenters. The number of benzene rings is 1. The molecule has 1 atom stereocenters. The lowest BCUT2D eigenvalue weighted by Crippen LogP contribution is -2.26. The molecule has 1 amide bonds. The van der Waals surface area contributed by atoms with E-state index in [2.05, 4.69) is 15.5 Å². The van der Waals surface area contributed by atoms with Crippen molar-refractivity contribution in [3.8, 4) is 0 Å². The van der Waals surface area contributed by atoms with E-state index in [9.17, 15) is 26.7 Å². The number of alkyl halides is 4. The van der Waals surface area contributed by atoms with Crippen LogP contribution in [-0.2, 0) is 11.3 Å². The zero-order chi connectivity index (χ0) is 22.9. The average Bonchev–Trinajstić information content (AvgIpc) is 3.20. The van der Waals surface area contributed by atoms with Gasteiger partial charge in [0.1, 0.15) is 28.3 Å². The number of halogens is 7. The topological polar surface area (TPSA) is 64.7 Å². The van der Waals surface area contributed by atoms with Crippen molar-refractivity contribution in [2.75, 3.05) is 5.32 Å². The van der Waals surface area contributed by atoms with Crippen LogP contribution in [0.3, 0.4) is 0 Å². The Kier molecular flexibility index (Phi) is 6.85. The number of anilines is 1. The number of aromatic nitrogens is 4. The smallest absolute Gasteiger partial charge is 0.283 e. The van der Waals surface area contributed by atoms with Crippen LogP contribution < -0.4 is 5.32 Å². The third-order valence-electron chi connectivity index (χ3n) is 4.26. The van der Waals surface area contributed by atoms with Gasteiger partial charge in [0, 0.05) is 6.20 Å². The Morgan fingerprint density at radius 2 is 1.87 bits per heavy atom. The van der Waals surface area contributed by atoms with Gasteiger partial charge in [0.15, 0.2) is 5.82 Å². The number of nitrogens with one attached hydrogen (secondary N) is 1. The average molecular weight is 482 g/mol. The number of nitrogens with zero attached hydrogens (tertiary/aromatic N) is 4. The van der Waals surface area contributed by atoms with Crippen molar-refractivity contribution in [3.05, 3.63) is 63.3 Å². The summed E-state index contributed by atoms with van der Waals surface area (Å²) in [7, 11) is 0. The van der Waals surface area contributed by atoms with Crippen molar-refractivity contribution >= 4 is 34.9 Å². The first-order chi connectivity index (χ1) is 14.6. The number of rotatable bonds is 7. The van der Waals surface area contributed by atoms with Gasteiger partial charge in [-0.3, -0.25) is 9.48 Å². The molecule has 0 aliphatic heterocycles. The molecule has 0 bridgehead atoms. The van der Waals surface area contributed by atoms with Gasteiger partial charge < -0.3 is 5.32 Å². The highest BCUT2D eigenvalue weighted by molar-refractivity contribution is 6.33. The molecule has 0 aliphatic carbocycles. The fraction of sp³-hybridized carbons (Fsp3) is 0.278. The van der Waals surface area contributed by atoms with Gasteiger partial charge in [-0.2, -0.15) is 10.2 Å².